The summed E-state index contributed by atoms with van der Waals surface area (Å²) in [5, 5.41) is 8.72. The Balaban J connectivity index is 2.37. The smallest absolute Gasteiger partial charge is 0.250 e. The summed E-state index contributed by atoms with van der Waals surface area (Å²) in [5.41, 5.74) is 0.689. The Kier molecular flexibility index (Phi) is 3.01. The van der Waals surface area contributed by atoms with Crippen LogP contribution < -0.4 is 5.56 Å². The van der Waals surface area contributed by atoms with E-state index in [4.69, 9.17) is 5.26 Å². The molecule has 0 aliphatic heterocycles. The van der Waals surface area contributed by atoms with Crippen LogP contribution in [-0.4, -0.2) is 4.57 Å². The van der Waals surface area contributed by atoms with Crippen LogP contribution in [0.4, 0.5) is 4.39 Å². The number of rotatable bonds is 2. The van der Waals surface area contributed by atoms with E-state index in [1.54, 1.807) is 24.4 Å². The van der Waals surface area contributed by atoms with E-state index in [9.17, 15) is 9.18 Å². The minimum atomic E-state index is -0.469. The maximum absolute atomic E-state index is 13.2. The lowest BCUT2D eigenvalue weighted by Crippen LogP contribution is -2.18. The number of nitriles is 1. The number of pyridine rings is 1. The van der Waals surface area contributed by atoms with Gasteiger partial charge in [-0.15, -0.1) is 0 Å². The van der Waals surface area contributed by atoms with E-state index in [1.165, 1.54) is 16.7 Å². The molecule has 0 amide bonds. The average molecular weight is 228 g/mol. The maximum atomic E-state index is 13.2. The van der Waals surface area contributed by atoms with E-state index in [1.807, 2.05) is 6.07 Å². The fraction of sp³-hybridized carbons (Fsp3) is 0.0769. The van der Waals surface area contributed by atoms with Crippen molar-refractivity contribution in [3.05, 3.63) is 69.9 Å². The fourth-order valence-corrected chi connectivity index (χ4v) is 1.59. The van der Waals surface area contributed by atoms with Gasteiger partial charge >= 0.3 is 0 Å². The van der Waals surface area contributed by atoms with Crippen molar-refractivity contribution in [2.45, 2.75) is 6.54 Å². The second-order valence-corrected chi connectivity index (χ2v) is 3.63. The lowest BCUT2D eigenvalue weighted by Gasteiger charge is -2.05. The van der Waals surface area contributed by atoms with Crippen molar-refractivity contribution in [2.75, 3.05) is 0 Å². The van der Waals surface area contributed by atoms with Crippen LogP contribution in [0, 0.1) is 17.1 Å². The second kappa shape index (κ2) is 4.62. The van der Waals surface area contributed by atoms with Crippen molar-refractivity contribution in [2.24, 2.45) is 0 Å². The third kappa shape index (κ3) is 2.58. The van der Waals surface area contributed by atoms with Gasteiger partial charge in [-0.25, -0.2) is 4.39 Å². The predicted octanol–water partition coefficient (Wildman–Crippen LogP) is 1.91. The first-order valence-electron chi connectivity index (χ1n) is 5.04. The van der Waals surface area contributed by atoms with Crippen molar-refractivity contribution >= 4 is 0 Å². The first-order valence-corrected chi connectivity index (χ1v) is 5.04. The molecule has 0 spiro atoms. The molecule has 0 fully saturated rings. The zero-order valence-corrected chi connectivity index (χ0v) is 8.93. The van der Waals surface area contributed by atoms with Crippen molar-refractivity contribution in [3.8, 4) is 6.07 Å². The number of hydrogen-bond acceptors (Lipinski definition) is 2. The van der Waals surface area contributed by atoms with Gasteiger partial charge in [0.25, 0.3) is 5.56 Å². The number of aromatic nitrogens is 1. The minimum Gasteiger partial charge on any atom is -0.311 e. The Labute approximate surface area is 97.4 Å². The molecule has 1 heterocycles. The third-order valence-electron chi connectivity index (χ3n) is 2.34. The standard InChI is InChI=1S/C13H9FN2O/c14-12-6-10(8-15)5-11(7-12)9-16-4-2-1-3-13(16)17/h1-7H,9H2. The Hall–Kier alpha value is -2.41. The predicted molar refractivity (Wildman–Crippen MR) is 60.9 cm³/mol. The van der Waals surface area contributed by atoms with Gasteiger partial charge in [-0.1, -0.05) is 6.07 Å². The van der Waals surface area contributed by atoms with E-state index in [0.717, 1.165) is 6.07 Å². The van der Waals surface area contributed by atoms with Crippen molar-refractivity contribution in [1.82, 2.24) is 4.57 Å². The molecule has 0 radical (unpaired) electrons. The highest BCUT2D eigenvalue weighted by Crippen LogP contribution is 2.09. The number of halogens is 1. The molecule has 0 bridgehead atoms. The van der Waals surface area contributed by atoms with Gasteiger partial charge in [0.1, 0.15) is 5.82 Å². The van der Waals surface area contributed by atoms with E-state index in [-0.39, 0.29) is 17.7 Å². The van der Waals surface area contributed by atoms with Crippen LogP contribution in [-0.2, 0) is 6.54 Å². The highest BCUT2D eigenvalue weighted by Gasteiger charge is 2.02. The third-order valence-corrected chi connectivity index (χ3v) is 2.34. The summed E-state index contributed by atoms with van der Waals surface area (Å²) in [6.07, 6.45) is 1.62. The van der Waals surface area contributed by atoms with Gasteiger partial charge in [0, 0.05) is 12.3 Å². The lowest BCUT2D eigenvalue weighted by atomic mass is 10.1. The van der Waals surface area contributed by atoms with Crippen LogP contribution in [0.1, 0.15) is 11.1 Å². The molecule has 0 N–H and O–H groups in total. The van der Waals surface area contributed by atoms with Gasteiger partial charge in [-0.3, -0.25) is 4.79 Å². The van der Waals surface area contributed by atoms with Crippen LogP contribution in [0.25, 0.3) is 0 Å². The minimum absolute atomic E-state index is 0.157. The van der Waals surface area contributed by atoms with Crippen LogP contribution in [0.2, 0.25) is 0 Å². The topological polar surface area (TPSA) is 45.8 Å². The van der Waals surface area contributed by atoms with E-state index in [2.05, 4.69) is 0 Å². The van der Waals surface area contributed by atoms with Crippen LogP contribution >= 0.6 is 0 Å². The molecule has 0 atom stereocenters. The quantitative estimate of drug-likeness (QED) is 0.788. The molecule has 17 heavy (non-hydrogen) atoms. The summed E-state index contributed by atoms with van der Waals surface area (Å²) in [6, 6.07) is 10.7. The van der Waals surface area contributed by atoms with Crippen molar-refractivity contribution in [1.29, 1.82) is 5.26 Å². The summed E-state index contributed by atoms with van der Waals surface area (Å²) in [6.45, 7) is 0.256. The lowest BCUT2D eigenvalue weighted by molar-refractivity contribution is 0.622. The molecule has 2 rings (SSSR count). The van der Waals surface area contributed by atoms with Crippen molar-refractivity contribution < 1.29 is 4.39 Å². The second-order valence-electron chi connectivity index (χ2n) is 3.63. The molecule has 1 aromatic carbocycles. The van der Waals surface area contributed by atoms with E-state index >= 15 is 0 Å². The Morgan fingerprint density at radius 3 is 2.82 bits per heavy atom. The van der Waals surface area contributed by atoms with Crippen LogP contribution in [0.15, 0.2) is 47.4 Å². The first-order chi connectivity index (χ1) is 8.19. The fourth-order valence-electron chi connectivity index (χ4n) is 1.59. The monoisotopic (exact) mass is 228 g/mol. The Morgan fingerprint density at radius 1 is 1.29 bits per heavy atom. The van der Waals surface area contributed by atoms with Gasteiger partial charge in [-0.2, -0.15) is 5.26 Å². The first kappa shape index (κ1) is 11.1. The summed E-state index contributed by atoms with van der Waals surface area (Å²) in [4.78, 5) is 11.5. The molecule has 4 heteroatoms. The summed E-state index contributed by atoms with van der Waals surface area (Å²) < 4.78 is 14.6. The normalized spacial score (nSPS) is 9.88. The molecule has 0 saturated carbocycles. The van der Waals surface area contributed by atoms with Gasteiger partial charge in [0.2, 0.25) is 0 Å². The maximum Gasteiger partial charge on any atom is 0.250 e. The van der Waals surface area contributed by atoms with E-state index < -0.39 is 5.82 Å². The molecule has 0 saturated heterocycles. The SMILES string of the molecule is N#Cc1cc(F)cc(Cn2ccccc2=O)c1. The van der Waals surface area contributed by atoms with Gasteiger partial charge < -0.3 is 4.57 Å². The largest absolute Gasteiger partial charge is 0.311 e. The molecule has 0 aliphatic rings. The van der Waals surface area contributed by atoms with Crippen LogP contribution in [0.3, 0.4) is 0 Å². The number of hydrogen-bond donors (Lipinski definition) is 0. The highest BCUT2D eigenvalue weighted by atomic mass is 19.1. The summed E-state index contributed by atoms with van der Waals surface area (Å²) in [7, 11) is 0. The van der Waals surface area contributed by atoms with Crippen molar-refractivity contribution in [3.63, 3.8) is 0 Å². The zero-order valence-electron chi connectivity index (χ0n) is 8.93. The van der Waals surface area contributed by atoms with Crippen LogP contribution in [0.5, 0.6) is 0 Å². The molecule has 1 aromatic heterocycles. The van der Waals surface area contributed by atoms with Gasteiger partial charge in [0.15, 0.2) is 0 Å². The number of nitrogens with zero attached hydrogens (tertiary/aromatic N) is 2. The Bertz CT molecular complexity index is 640. The molecular weight excluding hydrogens is 219 g/mol. The van der Waals surface area contributed by atoms with Gasteiger partial charge in [-0.05, 0) is 29.8 Å². The molecule has 2 aromatic rings. The summed E-state index contributed by atoms with van der Waals surface area (Å²) >= 11 is 0. The number of benzene rings is 1. The molecule has 0 unspecified atom stereocenters. The van der Waals surface area contributed by atoms with Gasteiger partial charge in [0.05, 0.1) is 18.2 Å². The zero-order chi connectivity index (χ0) is 12.3. The molecular formula is C13H9FN2O. The summed E-state index contributed by atoms with van der Waals surface area (Å²) in [5.74, 6) is -0.469. The van der Waals surface area contributed by atoms with E-state index in [0.29, 0.717) is 5.56 Å². The molecule has 3 nitrogen and oxygen atoms in total. The molecule has 84 valence electrons. The highest BCUT2D eigenvalue weighted by molar-refractivity contribution is 5.33. The molecule has 0 aliphatic carbocycles. The Morgan fingerprint density at radius 2 is 2.12 bits per heavy atom. The average Bonchev–Trinajstić information content (AvgIpc) is 2.31.